The molecular formula is C14H13F3N2OS. The number of nitrogens with zero attached hydrogens (tertiary/aromatic N) is 2. The lowest BCUT2D eigenvalue weighted by molar-refractivity contribution is 0.0715. The molecule has 0 spiro atoms. The quantitative estimate of drug-likeness (QED) is 0.788. The lowest BCUT2D eigenvalue weighted by Gasteiger charge is -2.36. The molecule has 0 unspecified atom stereocenters. The first-order valence-electron chi connectivity index (χ1n) is 6.32. The maximum atomic E-state index is 13.2. The van der Waals surface area contributed by atoms with Crippen molar-refractivity contribution in [3.05, 3.63) is 35.1 Å². The van der Waals surface area contributed by atoms with E-state index in [-0.39, 0.29) is 5.56 Å². The fourth-order valence-electron chi connectivity index (χ4n) is 2.29. The Labute approximate surface area is 124 Å². The fourth-order valence-corrected chi connectivity index (χ4v) is 2.98. The Hall–Kier alpha value is -1.68. The average molecular weight is 314 g/mol. The van der Waals surface area contributed by atoms with Crippen LogP contribution in [0.25, 0.3) is 0 Å². The second-order valence-electron chi connectivity index (χ2n) is 4.86. The van der Waals surface area contributed by atoms with E-state index >= 15 is 0 Å². The first kappa shape index (κ1) is 15.7. The van der Waals surface area contributed by atoms with Crippen LogP contribution in [0.4, 0.5) is 13.2 Å². The normalized spacial score (nSPS) is 17.4. The second kappa shape index (κ2) is 5.98. The molecule has 7 heteroatoms. The zero-order valence-electron chi connectivity index (χ0n) is 11.3. The highest BCUT2D eigenvalue weighted by molar-refractivity contribution is 8.00. The van der Waals surface area contributed by atoms with Crippen molar-refractivity contribution in [1.82, 2.24) is 4.90 Å². The number of rotatable bonds is 2. The number of halogens is 3. The molecule has 2 rings (SSSR count). The van der Waals surface area contributed by atoms with Gasteiger partial charge >= 0.3 is 0 Å². The van der Waals surface area contributed by atoms with Gasteiger partial charge in [-0.1, -0.05) is 0 Å². The molecule has 21 heavy (non-hydrogen) atoms. The Balaban J connectivity index is 2.15. The predicted octanol–water partition coefficient (Wildman–Crippen LogP) is 2.97. The molecule has 1 aliphatic rings. The summed E-state index contributed by atoms with van der Waals surface area (Å²) in [4.78, 5) is 13.6. The van der Waals surface area contributed by atoms with E-state index in [1.165, 1.54) is 16.7 Å². The summed E-state index contributed by atoms with van der Waals surface area (Å²) in [6, 6.07) is 3.64. The maximum Gasteiger partial charge on any atom is 0.254 e. The van der Waals surface area contributed by atoms with Gasteiger partial charge in [-0.25, -0.2) is 13.2 Å². The molecule has 1 aromatic carbocycles. The third-order valence-electron chi connectivity index (χ3n) is 3.68. The molecule has 1 saturated heterocycles. The number of thioether (sulfide) groups is 1. The highest BCUT2D eigenvalue weighted by atomic mass is 32.2. The van der Waals surface area contributed by atoms with E-state index in [9.17, 15) is 23.2 Å². The van der Waals surface area contributed by atoms with E-state index in [1.807, 2.05) is 6.26 Å². The number of carbonyl (C=O) groups excluding carboxylic acids is 1. The van der Waals surface area contributed by atoms with Gasteiger partial charge < -0.3 is 4.90 Å². The van der Waals surface area contributed by atoms with Gasteiger partial charge in [0.2, 0.25) is 0 Å². The zero-order valence-corrected chi connectivity index (χ0v) is 12.1. The third-order valence-corrected chi connectivity index (χ3v) is 4.96. The van der Waals surface area contributed by atoms with Crippen LogP contribution in [-0.4, -0.2) is 34.9 Å². The van der Waals surface area contributed by atoms with Crippen LogP contribution >= 0.6 is 11.8 Å². The van der Waals surface area contributed by atoms with Gasteiger partial charge in [0.1, 0.15) is 4.75 Å². The van der Waals surface area contributed by atoms with Gasteiger partial charge in [0.25, 0.3) is 5.91 Å². The van der Waals surface area contributed by atoms with E-state index < -0.39 is 28.1 Å². The highest BCUT2D eigenvalue weighted by Gasteiger charge is 2.35. The van der Waals surface area contributed by atoms with Crippen LogP contribution in [0.2, 0.25) is 0 Å². The molecule has 0 bridgehead atoms. The van der Waals surface area contributed by atoms with Crippen LogP contribution in [0.5, 0.6) is 0 Å². The first-order valence-corrected chi connectivity index (χ1v) is 7.55. The highest BCUT2D eigenvalue weighted by Crippen LogP contribution is 2.34. The van der Waals surface area contributed by atoms with E-state index in [0.717, 1.165) is 0 Å². The van der Waals surface area contributed by atoms with Crippen LogP contribution in [0.15, 0.2) is 12.1 Å². The molecule has 0 aliphatic carbocycles. The molecule has 0 aromatic heterocycles. The lowest BCUT2D eigenvalue weighted by atomic mass is 9.96. The van der Waals surface area contributed by atoms with Crippen molar-refractivity contribution in [3.63, 3.8) is 0 Å². The van der Waals surface area contributed by atoms with E-state index in [4.69, 9.17) is 0 Å². The molecular weight excluding hydrogens is 301 g/mol. The molecule has 1 aliphatic heterocycles. The number of likely N-dealkylation sites (tertiary alicyclic amines) is 1. The van der Waals surface area contributed by atoms with Crippen LogP contribution in [0.1, 0.15) is 23.2 Å². The molecule has 1 aromatic rings. The standard InChI is InChI=1S/C14H13F3N2OS/c1-21-14(8-18)2-4-19(5-3-14)13(20)9-6-10(15)12(17)11(16)7-9/h6-7H,2-5H2,1H3. The van der Waals surface area contributed by atoms with Crippen molar-refractivity contribution in [3.8, 4) is 6.07 Å². The number of nitriles is 1. The lowest BCUT2D eigenvalue weighted by Crippen LogP contribution is -2.44. The number of benzene rings is 1. The Morgan fingerprint density at radius 2 is 1.81 bits per heavy atom. The fraction of sp³-hybridized carbons (Fsp3) is 0.429. The maximum absolute atomic E-state index is 13.2. The van der Waals surface area contributed by atoms with Crippen molar-refractivity contribution in [2.75, 3.05) is 19.3 Å². The SMILES string of the molecule is CSC1(C#N)CCN(C(=O)c2cc(F)c(F)c(F)c2)CC1. The molecule has 0 saturated carbocycles. The minimum absolute atomic E-state index is 0.222. The average Bonchev–Trinajstić information content (AvgIpc) is 2.51. The van der Waals surface area contributed by atoms with Gasteiger partial charge in [-0.3, -0.25) is 4.79 Å². The van der Waals surface area contributed by atoms with Crippen LogP contribution in [0, 0.1) is 28.8 Å². The minimum Gasteiger partial charge on any atom is -0.338 e. The molecule has 112 valence electrons. The largest absolute Gasteiger partial charge is 0.338 e. The number of piperidine rings is 1. The Morgan fingerprint density at radius 3 is 2.24 bits per heavy atom. The molecule has 3 nitrogen and oxygen atoms in total. The van der Waals surface area contributed by atoms with Crippen molar-refractivity contribution >= 4 is 17.7 Å². The Morgan fingerprint density at radius 1 is 1.29 bits per heavy atom. The van der Waals surface area contributed by atoms with Gasteiger partial charge in [-0.15, -0.1) is 11.8 Å². The zero-order chi connectivity index (χ0) is 15.6. The summed E-state index contributed by atoms with van der Waals surface area (Å²) in [6.45, 7) is 0.654. The monoisotopic (exact) mass is 314 g/mol. The summed E-state index contributed by atoms with van der Waals surface area (Å²) in [6.07, 6.45) is 2.82. The molecule has 1 amide bonds. The summed E-state index contributed by atoms with van der Waals surface area (Å²) in [5.41, 5.74) is -0.222. The molecule has 0 radical (unpaired) electrons. The van der Waals surface area contributed by atoms with Crippen molar-refractivity contribution in [2.24, 2.45) is 0 Å². The number of hydrogen-bond acceptors (Lipinski definition) is 3. The van der Waals surface area contributed by atoms with Crippen LogP contribution in [0.3, 0.4) is 0 Å². The van der Waals surface area contributed by atoms with E-state index in [2.05, 4.69) is 6.07 Å². The van der Waals surface area contributed by atoms with Gasteiger partial charge in [0.05, 0.1) is 6.07 Å². The molecule has 1 fully saturated rings. The minimum atomic E-state index is -1.59. The first-order chi connectivity index (χ1) is 9.92. The van der Waals surface area contributed by atoms with Crippen LogP contribution in [-0.2, 0) is 0 Å². The summed E-state index contributed by atoms with van der Waals surface area (Å²) >= 11 is 1.44. The van der Waals surface area contributed by atoms with Gasteiger partial charge in [-0.05, 0) is 31.2 Å². The second-order valence-corrected chi connectivity index (χ2v) is 6.05. The Kier molecular flexibility index (Phi) is 4.47. The number of amides is 1. The van der Waals surface area contributed by atoms with Gasteiger partial charge in [-0.2, -0.15) is 5.26 Å². The van der Waals surface area contributed by atoms with E-state index in [1.54, 1.807) is 0 Å². The summed E-state index contributed by atoms with van der Waals surface area (Å²) in [7, 11) is 0. The number of hydrogen-bond donors (Lipinski definition) is 0. The molecule has 0 N–H and O–H groups in total. The Bertz CT molecular complexity index is 584. The van der Waals surface area contributed by atoms with Gasteiger partial charge in [0.15, 0.2) is 17.5 Å². The van der Waals surface area contributed by atoms with Crippen molar-refractivity contribution < 1.29 is 18.0 Å². The van der Waals surface area contributed by atoms with E-state index in [0.29, 0.717) is 38.1 Å². The van der Waals surface area contributed by atoms with Crippen molar-refractivity contribution in [2.45, 2.75) is 17.6 Å². The summed E-state index contributed by atoms with van der Waals surface area (Å²) < 4.78 is 38.7. The van der Waals surface area contributed by atoms with Crippen molar-refractivity contribution in [1.29, 1.82) is 5.26 Å². The predicted molar refractivity (Wildman–Crippen MR) is 73.3 cm³/mol. The summed E-state index contributed by atoms with van der Waals surface area (Å²) in [5, 5.41) is 9.17. The third kappa shape index (κ3) is 3.00. The smallest absolute Gasteiger partial charge is 0.254 e. The van der Waals surface area contributed by atoms with Gasteiger partial charge in [0, 0.05) is 18.7 Å². The number of carbonyl (C=O) groups is 1. The van der Waals surface area contributed by atoms with Crippen LogP contribution < -0.4 is 0 Å². The molecule has 0 atom stereocenters. The molecule has 1 heterocycles. The summed E-state index contributed by atoms with van der Waals surface area (Å²) in [5.74, 6) is -4.91. The topological polar surface area (TPSA) is 44.1 Å².